The summed E-state index contributed by atoms with van der Waals surface area (Å²) in [6.45, 7) is 3.65. The highest BCUT2D eigenvalue weighted by molar-refractivity contribution is 5.94. The van der Waals surface area contributed by atoms with Crippen LogP contribution in [-0.2, 0) is 0 Å². The van der Waals surface area contributed by atoms with Crippen molar-refractivity contribution < 1.29 is 14.1 Å². The van der Waals surface area contributed by atoms with Crippen molar-refractivity contribution in [3.05, 3.63) is 76.2 Å². The SMILES string of the molecule is CC(C)NC(=O)c1cc(-c2ccc(F)cc2)nn1-c1cccc([N+](=O)[O-])c1. The van der Waals surface area contributed by atoms with Crippen LogP contribution in [-0.4, -0.2) is 26.7 Å². The summed E-state index contributed by atoms with van der Waals surface area (Å²) < 4.78 is 14.5. The molecule has 3 aromatic rings. The third-order valence-electron chi connectivity index (χ3n) is 3.79. The molecule has 0 saturated carbocycles. The third-order valence-corrected chi connectivity index (χ3v) is 3.79. The van der Waals surface area contributed by atoms with E-state index >= 15 is 0 Å². The Morgan fingerprint density at radius 2 is 1.89 bits per heavy atom. The van der Waals surface area contributed by atoms with Gasteiger partial charge in [-0.2, -0.15) is 5.10 Å². The van der Waals surface area contributed by atoms with Gasteiger partial charge in [0.2, 0.25) is 0 Å². The van der Waals surface area contributed by atoms with Crippen LogP contribution in [0.1, 0.15) is 24.3 Å². The van der Waals surface area contributed by atoms with Crippen molar-refractivity contribution in [1.29, 1.82) is 0 Å². The molecule has 27 heavy (non-hydrogen) atoms. The van der Waals surface area contributed by atoms with Crippen molar-refractivity contribution in [1.82, 2.24) is 15.1 Å². The standard InChI is InChI=1S/C19H17FN4O3/c1-12(2)21-19(25)18-11-17(13-6-8-14(20)9-7-13)22-23(18)15-4-3-5-16(10-15)24(26)27/h3-12H,1-2H3,(H,21,25). The zero-order valence-electron chi connectivity index (χ0n) is 14.7. The van der Waals surface area contributed by atoms with Crippen molar-refractivity contribution in [3.8, 4) is 16.9 Å². The van der Waals surface area contributed by atoms with Crippen molar-refractivity contribution in [2.45, 2.75) is 19.9 Å². The first-order chi connectivity index (χ1) is 12.8. The van der Waals surface area contributed by atoms with E-state index in [1.54, 1.807) is 24.3 Å². The molecule has 1 N–H and O–H groups in total. The van der Waals surface area contributed by atoms with Crippen LogP contribution >= 0.6 is 0 Å². The smallest absolute Gasteiger partial charge is 0.271 e. The highest BCUT2D eigenvalue weighted by Gasteiger charge is 2.19. The molecule has 0 atom stereocenters. The Balaban J connectivity index is 2.13. The second-order valence-corrected chi connectivity index (χ2v) is 6.24. The molecule has 0 bridgehead atoms. The van der Waals surface area contributed by atoms with Crippen LogP contribution in [0.15, 0.2) is 54.6 Å². The molecule has 2 aromatic carbocycles. The third kappa shape index (κ3) is 4.00. The molecule has 1 aromatic heterocycles. The Kier molecular flexibility index (Phi) is 4.98. The topological polar surface area (TPSA) is 90.1 Å². The number of nitro benzene ring substituents is 1. The van der Waals surface area contributed by atoms with Gasteiger partial charge in [0.25, 0.3) is 11.6 Å². The minimum Gasteiger partial charge on any atom is -0.349 e. The maximum absolute atomic E-state index is 13.2. The normalized spacial score (nSPS) is 10.8. The van der Waals surface area contributed by atoms with Crippen LogP contribution < -0.4 is 5.32 Å². The van der Waals surface area contributed by atoms with Gasteiger partial charge in [0.15, 0.2) is 0 Å². The summed E-state index contributed by atoms with van der Waals surface area (Å²) in [5.41, 5.74) is 1.58. The molecule has 0 unspecified atom stereocenters. The van der Waals surface area contributed by atoms with Crippen molar-refractivity contribution in [2.75, 3.05) is 0 Å². The van der Waals surface area contributed by atoms with Gasteiger partial charge >= 0.3 is 0 Å². The van der Waals surface area contributed by atoms with Crippen LogP contribution in [0.3, 0.4) is 0 Å². The minimum atomic E-state index is -0.512. The molecule has 1 heterocycles. The summed E-state index contributed by atoms with van der Waals surface area (Å²) in [6.07, 6.45) is 0. The van der Waals surface area contributed by atoms with Crippen molar-refractivity contribution >= 4 is 11.6 Å². The molecule has 0 aliphatic carbocycles. The Labute approximate surface area is 154 Å². The zero-order chi connectivity index (χ0) is 19.6. The fourth-order valence-electron chi connectivity index (χ4n) is 2.58. The Bertz CT molecular complexity index is 996. The van der Waals surface area contributed by atoms with E-state index in [-0.39, 0.29) is 29.1 Å². The van der Waals surface area contributed by atoms with Gasteiger partial charge in [-0.25, -0.2) is 9.07 Å². The van der Waals surface area contributed by atoms with Gasteiger partial charge in [-0.05, 0) is 50.2 Å². The number of nitro groups is 1. The minimum absolute atomic E-state index is 0.0970. The summed E-state index contributed by atoms with van der Waals surface area (Å²) in [5.74, 6) is -0.744. The van der Waals surface area contributed by atoms with Gasteiger partial charge in [-0.1, -0.05) is 6.07 Å². The number of non-ortho nitro benzene ring substituents is 1. The molecule has 138 valence electrons. The zero-order valence-corrected chi connectivity index (χ0v) is 14.7. The fraction of sp³-hybridized carbons (Fsp3) is 0.158. The molecule has 8 heteroatoms. The van der Waals surface area contributed by atoms with Gasteiger partial charge in [-0.15, -0.1) is 0 Å². The lowest BCUT2D eigenvalue weighted by molar-refractivity contribution is -0.384. The molecule has 0 saturated heterocycles. The summed E-state index contributed by atoms with van der Waals surface area (Å²) in [4.78, 5) is 23.2. The van der Waals surface area contributed by atoms with E-state index < -0.39 is 4.92 Å². The van der Waals surface area contributed by atoms with E-state index in [9.17, 15) is 19.3 Å². The van der Waals surface area contributed by atoms with Gasteiger partial charge in [0.05, 0.1) is 16.3 Å². The average molecular weight is 368 g/mol. The van der Waals surface area contributed by atoms with E-state index in [0.717, 1.165) is 0 Å². The van der Waals surface area contributed by atoms with E-state index in [4.69, 9.17) is 0 Å². The maximum Gasteiger partial charge on any atom is 0.271 e. The summed E-state index contributed by atoms with van der Waals surface area (Å²) in [6, 6.07) is 13.0. The van der Waals surface area contributed by atoms with Crippen LogP contribution in [0.25, 0.3) is 16.9 Å². The number of carbonyl (C=O) groups is 1. The summed E-state index contributed by atoms with van der Waals surface area (Å²) in [5, 5.41) is 18.3. The van der Waals surface area contributed by atoms with Crippen LogP contribution in [0.4, 0.5) is 10.1 Å². The number of amides is 1. The Morgan fingerprint density at radius 1 is 1.19 bits per heavy atom. The number of benzene rings is 2. The number of nitrogens with one attached hydrogen (secondary N) is 1. The lowest BCUT2D eigenvalue weighted by Crippen LogP contribution is -2.31. The molecule has 0 aliphatic rings. The number of halogens is 1. The molecule has 3 rings (SSSR count). The first-order valence-corrected chi connectivity index (χ1v) is 8.27. The number of aromatic nitrogens is 2. The Hall–Kier alpha value is -3.55. The van der Waals surface area contributed by atoms with Crippen molar-refractivity contribution in [2.24, 2.45) is 0 Å². The van der Waals surface area contributed by atoms with Crippen molar-refractivity contribution in [3.63, 3.8) is 0 Å². The van der Waals surface area contributed by atoms with Gasteiger partial charge in [0, 0.05) is 23.7 Å². The Morgan fingerprint density at radius 3 is 2.52 bits per heavy atom. The summed E-state index contributed by atoms with van der Waals surface area (Å²) >= 11 is 0. The van der Waals surface area contributed by atoms with Gasteiger partial charge < -0.3 is 5.32 Å². The molecule has 0 aliphatic heterocycles. The van der Waals surface area contributed by atoms with E-state index in [0.29, 0.717) is 16.9 Å². The lowest BCUT2D eigenvalue weighted by atomic mass is 10.1. The number of nitrogens with zero attached hydrogens (tertiary/aromatic N) is 3. The molecule has 0 radical (unpaired) electrons. The maximum atomic E-state index is 13.2. The first kappa shape index (κ1) is 18.2. The second kappa shape index (κ2) is 7.36. The number of hydrogen-bond donors (Lipinski definition) is 1. The first-order valence-electron chi connectivity index (χ1n) is 8.27. The van der Waals surface area contributed by atoms with Crippen LogP contribution in [0, 0.1) is 15.9 Å². The highest BCUT2D eigenvalue weighted by Crippen LogP contribution is 2.24. The predicted octanol–water partition coefficient (Wildman–Crippen LogP) is 3.72. The average Bonchev–Trinajstić information content (AvgIpc) is 3.07. The molecule has 0 fully saturated rings. The van der Waals surface area contributed by atoms with E-state index in [1.807, 2.05) is 13.8 Å². The molecular weight excluding hydrogens is 351 g/mol. The van der Waals surface area contributed by atoms with Crippen LogP contribution in [0.5, 0.6) is 0 Å². The number of rotatable bonds is 5. The van der Waals surface area contributed by atoms with Gasteiger partial charge in [0.1, 0.15) is 11.5 Å². The van der Waals surface area contributed by atoms with Gasteiger partial charge in [-0.3, -0.25) is 14.9 Å². The fourth-order valence-corrected chi connectivity index (χ4v) is 2.58. The second-order valence-electron chi connectivity index (χ2n) is 6.24. The highest BCUT2D eigenvalue weighted by atomic mass is 19.1. The number of carbonyl (C=O) groups excluding carboxylic acids is 1. The number of hydrogen-bond acceptors (Lipinski definition) is 4. The molecule has 0 spiro atoms. The summed E-state index contributed by atoms with van der Waals surface area (Å²) in [7, 11) is 0. The van der Waals surface area contributed by atoms with Crippen LogP contribution in [0.2, 0.25) is 0 Å². The quantitative estimate of drug-likeness (QED) is 0.549. The lowest BCUT2D eigenvalue weighted by Gasteiger charge is -2.10. The molecular formula is C19H17FN4O3. The molecule has 1 amide bonds. The van der Waals surface area contributed by atoms with E-state index in [1.165, 1.54) is 35.0 Å². The largest absolute Gasteiger partial charge is 0.349 e. The predicted molar refractivity (Wildman–Crippen MR) is 98.2 cm³/mol. The molecule has 7 nitrogen and oxygen atoms in total. The monoisotopic (exact) mass is 368 g/mol. The van der Waals surface area contributed by atoms with E-state index in [2.05, 4.69) is 10.4 Å².